The van der Waals surface area contributed by atoms with Gasteiger partial charge in [-0.1, -0.05) is 29.9 Å². The van der Waals surface area contributed by atoms with Gasteiger partial charge in [0.05, 0.1) is 5.02 Å². The molecule has 0 saturated heterocycles. The average molecular weight is 317 g/mol. The third kappa shape index (κ3) is 3.03. The van der Waals surface area contributed by atoms with Crippen LogP contribution in [0, 0.1) is 0 Å². The first-order chi connectivity index (χ1) is 8.90. The van der Waals surface area contributed by atoms with E-state index in [1.54, 1.807) is 6.07 Å². The second-order valence-corrected chi connectivity index (χ2v) is 6.05. The van der Waals surface area contributed by atoms with Crippen molar-refractivity contribution < 1.29 is 8.42 Å². The van der Waals surface area contributed by atoms with Gasteiger partial charge in [0, 0.05) is 18.0 Å². The van der Waals surface area contributed by atoms with E-state index in [2.05, 4.69) is 14.7 Å². The lowest BCUT2D eigenvalue weighted by atomic mass is 10.2. The third-order valence-corrected chi connectivity index (χ3v) is 4.29. The average Bonchev–Trinajstić information content (AvgIpc) is 2.81. The zero-order chi connectivity index (χ0) is 14.0. The second-order valence-electron chi connectivity index (χ2n) is 3.55. The maximum absolute atomic E-state index is 12.2. The van der Waals surface area contributed by atoms with Crippen molar-refractivity contribution in [2.24, 2.45) is 5.73 Å². The van der Waals surface area contributed by atoms with Crippen LogP contribution >= 0.6 is 23.8 Å². The molecule has 2 aromatic rings. The van der Waals surface area contributed by atoms with Gasteiger partial charge in [-0.2, -0.15) is 0 Å². The number of aromatic amines is 1. The Hall–Kier alpha value is -1.64. The van der Waals surface area contributed by atoms with Gasteiger partial charge >= 0.3 is 0 Å². The van der Waals surface area contributed by atoms with Crippen molar-refractivity contribution in [2.45, 2.75) is 4.90 Å². The summed E-state index contributed by atoms with van der Waals surface area (Å²) < 4.78 is 26.6. The monoisotopic (exact) mass is 316 g/mol. The minimum atomic E-state index is -3.86. The topological polar surface area (TPSA) is 101 Å². The number of anilines is 1. The number of sulfonamides is 1. The Labute approximate surface area is 120 Å². The van der Waals surface area contributed by atoms with Crippen molar-refractivity contribution in [1.82, 2.24) is 9.97 Å². The van der Waals surface area contributed by atoms with Crippen LogP contribution < -0.4 is 10.5 Å². The summed E-state index contributed by atoms with van der Waals surface area (Å²) in [5.41, 5.74) is 5.88. The summed E-state index contributed by atoms with van der Waals surface area (Å²) in [6.45, 7) is 0. The van der Waals surface area contributed by atoms with Crippen molar-refractivity contribution >= 4 is 44.8 Å². The number of rotatable bonds is 4. The fourth-order valence-corrected chi connectivity index (χ4v) is 3.00. The van der Waals surface area contributed by atoms with Crippen LogP contribution in [0.2, 0.25) is 5.02 Å². The highest BCUT2D eigenvalue weighted by molar-refractivity contribution is 7.92. The molecule has 0 amide bonds. The molecule has 0 aliphatic carbocycles. The van der Waals surface area contributed by atoms with Crippen LogP contribution in [0.5, 0.6) is 0 Å². The highest BCUT2D eigenvalue weighted by Gasteiger charge is 2.20. The first kappa shape index (κ1) is 13.8. The van der Waals surface area contributed by atoms with E-state index in [1.165, 1.54) is 24.5 Å². The Morgan fingerprint density at radius 2 is 2.21 bits per heavy atom. The number of nitrogens with one attached hydrogen (secondary N) is 2. The van der Waals surface area contributed by atoms with E-state index in [0.29, 0.717) is 5.56 Å². The van der Waals surface area contributed by atoms with Crippen LogP contribution in [0.15, 0.2) is 35.5 Å². The Balaban J connectivity index is 2.45. The van der Waals surface area contributed by atoms with Crippen molar-refractivity contribution in [1.29, 1.82) is 0 Å². The van der Waals surface area contributed by atoms with Crippen LogP contribution in [-0.4, -0.2) is 23.4 Å². The van der Waals surface area contributed by atoms with Gasteiger partial charge in [0.15, 0.2) is 0 Å². The summed E-state index contributed by atoms with van der Waals surface area (Å²) in [4.78, 5) is 6.37. The molecule has 0 fully saturated rings. The zero-order valence-corrected chi connectivity index (χ0v) is 11.8. The lowest BCUT2D eigenvalue weighted by Gasteiger charge is -2.08. The first-order valence-corrected chi connectivity index (χ1v) is 7.28. The molecule has 6 nitrogen and oxygen atoms in total. The Morgan fingerprint density at radius 1 is 1.47 bits per heavy atom. The van der Waals surface area contributed by atoms with Gasteiger partial charge in [0.25, 0.3) is 10.0 Å². The van der Waals surface area contributed by atoms with Gasteiger partial charge in [0.1, 0.15) is 9.88 Å². The number of halogens is 1. The summed E-state index contributed by atoms with van der Waals surface area (Å²) >= 11 is 10.7. The smallest absolute Gasteiger partial charge is 0.265 e. The molecular weight excluding hydrogens is 308 g/mol. The van der Waals surface area contributed by atoms with Gasteiger partial charge in [0.2, 0.25) is 5.95 Å². The summed E-state index contributed by atoms with van der Waals surface area (Å²) in [6, 6.07) is 4.29. The SMILES string of the molecule is NC(=S)c1ccc(Cl)c(S(=O)(=O)Nc2ncc[nH]2)c1. The van der Waals surface area contributed by atoms with E-state index >= 15 is 0 Å². The van der Waals surface area contributed by atoms with Crippen molar-refractivity contribution in [3.8, 4) is 0 Å². The van der Waals surface area contributed by atoms with Crippen molar-refractivity contribution in [3.05, 3.63) is 41.2 Å². The quantitative estimate of drug-likeness (QED) is 0.742. The Morgan fingerprint density at radius 3 is 2.79 bits per heavy atom. The first-order valence-electron chi connectivity index (χ1n) is 5.02. The predicted molar refractivity (Wildman–Crippen MR) is 76.7 cm³/mol. The second kappa shape index (κ2) is 5.16. The predicted octanol–water partition coefficient (Wildman–Crippen LogP) is 1.50. The lowest BCUT2D eigenvalue weighted by Crippen LogP contribution is -2.16. The van der Waals surface area contributed by atoms with E-state index in [1.807, 2.05) is 0 Å². The molecule has 0 radical (unpaired) electrons. The number of imidazole rings is 1. The van der Waals surface area contributed by atoms with Gasteiger partial charge < -0.3 is 10.7 Å². The molecule has 1 heterocycles. The molecular formula is C10H9ClN4O2S2. The lowest BCUT2D eigenvalue weighted by molar-refractivity contribution is 0.601. The van der Waals surface area contributed by atoms with Crippen LogP contribution in [0.4, 0.5) is 5.95 Å². The van der Waals surface area contributed by atoms with Gasteiger partial charge in [-0.25, -0.2) is 18.1 Å². The molecule has 2 rings (SSSR count). The molecule has 0 bridgehead atoms. The normalized spacial score (nSPS) is 11.2. The summed E-state index contributed by atoms with van der Waals surface area (Å²) in [5.74, 6) is 0.0943. The molecule has 4 N–H and O–H groups in total. The Kier molecular flexibility index (Phi) is 3.74. The number of aromatic nitrogens is 2. The molecule has 19 heavy (non-hydrogen) atoms. The van der Waals surface area contributed by atoms with E-state index < -0.39 is 10.0 Å². The fraction of sp³-hybridized carbons (Fsp3) is 0. The summed E-state index contributed by atoms with van der Waals surface area (Å²) in [5, 5.41) is 0.0686. The molecule has 0 aliphatic heterocycles. The maximum atomic E-state index is 12.2. The molecule has 9 heteroatoms. The van der Waals surface area contributed by atoms with E-state index in [4.69, 9.17) is 29.6 Å². The highest BCUT2D eigenvalue weighted by atomic mass is 35.5. The third-order valence-electron chi connectivity index (χ3n) is 2.23. The molecule has 0 aliphatic rings. The van der Waals surface area contributed by atoms with Crippen molar-refractivity contribution in [2.75, 3.05) is 4.72 Å². The fourth-order valence-electron chi connectivity index (χ4n) is 1.37. The molecule has 0 atom stereocenters. The number of nitrogens with two attached hydrogens (primary N) is 1. The largest absolute Gasteiger partial charge is 0.389 e. The maximum Gasteiger partial charge on any atom is 0.265 e. The molecule has 0 spiro atoms. The number of hydrogen-bond donors (Lipinski definition) is 3. The number of thiocarbonyl (C=S) groups is 1. The van der Waals surface area contributed by atoms with Crippen LogP contribution in [-0.2, 0) is 10.0 Å². The minimum absolute atomic E-state index is 0.0686. The van der Waals surface area contributed by atoms with E-state index in [9.17, 15) is 8.42 Å². The molecule has 0 saturated carbocycles. The van der Waals surface area contributed by atoms with Crippen molar-refractivity contribution in [3.63, 3.8) is 0 Å². The standard InChI is InChI=1S/C10H9ClN4O2S2/c11-7-2-1-6(9(12)18)5-8(7)19(16,17)15-10-13-3-4-14-10/h1-5H,(H2,12,18)(H2,13,14,15). The minimum Gasteiger partial charge on any atom is -0.389 e. The van der Waals surface area contributed by atoms with Gasteiger partial charge in [-0.05, 0) is 12.1 Å². The number of hydrogen-bond acceptors (Lipinski definition) is 4. The van der Waals surface area contributed by atoms with Gasteiger partial charge in [-0.15, -0.1) is 0 Å². The summed E-state index contributed by atoms with van der Waals surface area (Å²) in [7, 11) is -3.86. The summed E-state index contributed by atoms with van der Waals surface area (Å²) in [6.07, 6.45) is 2.91. The number of H-pyrrole nitrogens is 1. The highest BCUT2D eigenvalue weighted by Crippen LogP contribution is 2.24. The van der Waals surface area contributed by atoms with E-state index in [0.717, 1.165) is 0 Å². The molecule has 1 aromatic carbocycles. The molecule has 100 valence electrons. The zero-order valence-electron chi connectivity index (χ0n) is 9.42. The van der Waals surface area contributed by atoms with Crippen LogP contribution in [0.25, 0.3) is 0 Å². The molecule has 0 unspecified atom stereocenters. The van der Waals surface area contributed by atoms with Gasteiger partial charge in [-0.3, -0.25) is 0 Å². The van der Waals surface area contributed by atoms with Crippen LogP contribution in [0.1, 0.15) is 5.56 Å². The number of nitrogens with zero attached hydrogens (tertiary/aromatic N) is 1. The Bertz CT molecular complexity index is 713. The number of benzene rings is 1. The van der Waals surface area contributed by atoms with Crippen LogP contribution in [0.3, 0.4) is 0 Å². The van der Waals surface area contributed by atoms with E-state index in [-0.39, 0.29) is 20.9 Å². The molecule has 1 aromatic heterocycles.